The maximum Gasteiger partial charge on any atom is 0.240 e. The molecule has 7 N–H and O–H groups in total. The fraction of sp³-hybridized carbons (Fsp3) is 0.484. The van der Waals surface area contributed by atoms with Crippen molar-refractivity contribution in [3.8, 4) is 17.0 Å². The molecule has 2 fully saturated rings. The number of alkyl halides is 2. The van der Waals surface area contributed by atoms with Gasteiger partial charge in [-0.3, -0.25) is 4.98 Å². The van der Waals surface area contributed by atoms with E-state index in [4.69, 9.17) is 15.2 Å². The molecule has 0 bridgehead atoms. The third kappa shape index (κ3) is 6.97. The fourth-order valence-electron chi connectivity index (χ4n) is 6.41. The van der Waals surface area contributed by atoms with Crippen LogP contribution in [-0.4, -0.2) is 114 Å². The number of fused-ring (bicyclic) bond motifs is 1. The van der Waals surface area contributed by atoms with Crippen molar-refractivity contribution in [2.75, 3.05) is 37.0 Å². The number of hydrogen-bond acceptors (Lipinski definition) is 13. The van der Waals surface area contributed by atoms with E-state index in [-0.39, 0.29) is 41.4 Å². The molecule has 2 aliphatic rings. The van der Waals surface area contributed by atoms with Gasteiger partial charge in [0, 0.05) is 36.7 Å². The van der Waals surface area contributed by atoms with Gasteiger partial charge >= 0.3 is 0 Å². The molecule has 2 aliphatic heterocycles. The van der Waals surface area contributed by atoms with Crippen LogP contribution in [0.15, 0.2) is 37.1 Å². The molecule has 5 heterocycles. The van der Waals surface area contributed by atoms with Gasteiger partial charge in [0.1, 0.15) is 36.6 Å². The monoisotopic (exact) mass is 692 g/mol. The van der Waals surface area contributed by atoms with Crippen molar-refractivity contribution >= 4 is 22.7 Å². The van der Waals surface area contributed by atoms with Gasteiger partial charge in [0.2, 0.25) is 6.43 Å². The Morgan fingerprint density at radius 3 is 2.61 bits per heavy atom. The number of imidazole rings is 1. The molecule has 1 unspecified atom stereocenters. The zero-order chi connectivity index (χ0) is 35.0. The number of aromatic nitrogens is 5. The van der Waals surface area contributed by atoms with E-state index < -0.39 is 67.3 Å². The highest BCUT2D eigenvalue weighted by atomic mass is 19.3. The molecular weight excluding hydrogens is 656 g/mol. The molecule has 6 rings (SSSR count). The summed E-state index contributed by atoms with van der Waals surface area (Å²) in [5, 5.41) is 43.2. The number of rotatable bonds is 10. The molecule has 49 heavy (non-hydrogen) atoms. The number of nitrogens with zero attached hydrogens (tertiary/aromatic N) is 6. The summed E-state index contributed by atoms with van der Waals surface area (Å²) in [6.07, 6.45) is -5.20. The van der Waals surface area contributed by atoms with E-state index in [1.807, 2.05) is 4.90 Å². The van der Waals surface area contributed by atoms with Crippen LogP contribution in [0.4, 0.5) is 29.1 Å². The van der Waals surface area contributed by atoms with E-state index in [1.54, 1.807) is 10.6 Å². The van der Waals surface area contributed by atoms with Crippen molar-refractivity contribution in [3.63, 3.8) is 0 Å². The Bertz CT molecular complexity index is 1800. The summed E-state index contributed by atoms with van der Waals surface area (Å²) in [6, 6.07) is 3.47. The molecular formula is C31H36F4N8O6. The summed E-state index contributed by atoms with van der Waals surface area (Å²) in [5.41, 5.74) is 6.85. The predicted molar refractivity (Wildman–Crippen MR) is 167 cm³/mol. The third-order valence-corrected chi connectivity index (χ3v) is 8.91. The second-order valence-corrected chi connectivity index (χ2v) is 12.3. The van der Waals surface area contributed by atoms with Crippen molar-refractivity contribution < 1.29 is 47.5 Å². The fourth-order valence-corrected chi connectivity index (χ4v) is 6.41. The van der Waals surface area contributed by atoms with Crippen LogP contribution in [0.2, 0.25) is 0 Å². The van der Waals surface area contributed by atoms with Gasteiger partial charge < -0.3 is 50.4 Å². The lowest BCUT2D eigenvalue weighted by atomic mass is 9.86. The average molecular weight is 693 g/mol. The number of pyridine rings is 1. The van der Waals surface area contributed by atoms with E-state index in [0.717, 1.165) is 12.1 Å². The van der Waals surface area contributed by atoms with E-state index in [9.17, 15) is 33.6 Å². The standard InChI is InChI=1S/C31H36F4N8O6/c1-48-21-7-17(32)16(6-18(21)33)19-5-15(20(9-37-19)42-4-2-3-31(36,12-42)8-23(34)35)10-43-14-40-24-28(38-13-39-29(24)43)41-30-27(47)26(46)25(45)22(11-44)49-30/h5-7,9,13-14,22-23,25-27,30,44-47H,2-4,8,10-12,36H2,1H3,(H,38,39,41)/t22-,25+,26+,27-,30?,31+/m1/s1. The second-order valence-electron chi connectivity index (χ2n) is 12.3. The average Bonchev–Trinajstić information content (AvgIpc) is 3.48. The van der Waals surface area contributed by atoms with E-state index in [1.165, 1.54) is 26.0 Å². The van der Waals surface area contributed by atoms with Gasteiger partial charge in [-0.25, -0.2) is 32.5 Å². The van der Waals surface area contributed by atoms with Crippen molar-refractivity contribution in [1.82, 2.24) is 24.5 Å². The van der Waals surface area contributed by atoms with Gasteiger partial charge in [-0.05, 0) is 30.5 Å². The number of aliphatic hydroxyl groups is 4. The topological polar surface area (TPSA) is 197 Å². The van der Waals surface area contributed by atoms with Crippen LogP contribution in [0.5, 0.6) is 5.75 Å². The lowest BCUT2D eigenvalue weighted by Crippen LogP contribution is -2.60. The van der Waals surface area contributed by atoms with Crippen molar-refractivity contribution in [1.29, 1.82) is 0 Å². The highest BCUT2D eigenvalue weighted by Gasteiger charge is 2.44. The molecule has 0 spiro atoms. The zero-order valence-electron chi connectivity index (χ0n) is 26.3. The number of halogens is 4. The number of nitrogens with one attached hydrogen (secondary N) is 1. The number of methoxy groups -OCH3 is 1. The van der Waals surface area contributed by atoms with Gasteiger partial charge in [0.15, 0.2) is 34.8 Å². The molecule has 0 aliphatic carbocycles. The molecule has 6 atom stereocenters. The Balaban J connectivity index is 1.37. The first-order valence-corrected chi connectivity index (χ1v) is 15.5. The quantitative estimate of drug-likeness (QED) is 0.131. The molecule has 0 amide bonds. The third-order valence-electron chi connectivity index (χ3n) is 8.91. The zero-order valence-corrected chi connectivity index (χ0v) is 26.3. The minimum atomic E-state index is -2.60. The van der Waals surface area contributed by atoms with E-state index in [2.05, 4.69) is 25.3 Å². The summed E-state index contributed by atoms with van der Waals surface area (Å²) in [6.45, 7) is 0.0321. The first-order chi connectivity index (χ1) is 23.4. The maximum atomic E-state index is 15.2. The SMILES string of the molecule is COc1cc(F)c(-c2cc(Cn3cnc4c(NC5O[C@H](CO)[C@H](O)[C@H](O)[C@H]5O)ncnc43)c(N3CCC[C@](N)(CC(F)F)C3)cn2)cc1F. The largest absolute Gasteiger partial charge is 0.494 e. The van der Waals surface area contributed by atoms with E-state index >= 15 is 4.39 Å². The molecule has 0 radical (unpaired) electrons. The molecule has 3 aromatic heterocycles. The summed E-state index contributed by atoms with van der Waals surface area (Å²) >= 11 is 0. The van der Waals surface area contributed by atoms with Gasteiger partial charge in [0.25, 0.3) is 0 Å². The lowest BCUT2D eigenvalue weighted by Gasteiger charge is -2.42. The molecule has 0 saturated carbocycles. The molecule has 2 saturated heterocycles. The minimum absolute atomic E-state index is 0.0566. The van der Waals surface area contributed by atoms with Crippen molar-refractivity contribution in [2.24, 2.45) is 5.73 Å². The maximum absolute atomic E-state index is 15.2. The van der Waals surface area contributed by atoms with Gasteiger partial charge in [-0.1, -0.05) is 0 Å². The van der Waals surface area contributed by atoms with Crippen LogP contribution in [0.1, 0.15) is 24.8 Å². The van der Waals surface area contributed by atoms with Gasteiger partial charge in [0.05, 0.1) is 44.2 Å². The summed E-state index contributed by atoms with van der Waals surface area (Å²) in [4.78, 5) is 19.2. The highest BCUT2D eigenvalue weighted by molar-refractivity contribution is 5.83. The number of benzene rings is 1. The summed E-state index contributed by atoms with van der Waals surface area (Å²) in [7, 11) is 1.22. The van der Waals surface area contributed by atoms with Crippen molar-refractivity contribution in [3.05, 3.63) is 54.2 Å². The van der Waals surface area contributed by atoms with Crippen LogP contribution in [0.3, 0.4) is 0 Å². The summed E-state index contributed by atoms with van der Waals surface area (Å²) < 4.78 is 68.8. The number of ether oxygens (including phenoxy) is 2. The number of aliphatic hydroxyl groups excluding tert-OH is 4. The summed E-state index contributed by atoms with van der Waals surface area (Å²) in [5.74, 6) is -1.73. The second kappa shape index (κ2) is 14.0. The predicted octanol–water partition coefficient (Wildman–Crippen LogP) is 1.39. The molecule has 14 nitrogen and oxygen atoms in total. The molecule has 264 valence electrons. The Kier molecular flexibility index (Phi) is 9.88. The van der Waals surface area contributed by atoms with E-state index in [0.29, 0.717) is 36.3 Å². The minimum Gasteiger partial charge on any atom is -0.494 e. The Morgan fingerprint density at radius 2 is 1.88 bits per heavy atom. The number of piperidine rings is 1. The number of nitrogens with two attached hydrogens (primary N) is 1. The van der Waals surface area contributed by atoms with Crippen LogP contribution in [-0.2, 0) is 11.3 Å². The normalized spacial score (nSPS) is 26.0. The Labute approximate surface area is 277 Å². The highest BCUT2D eigenvalue weighted by Crippen LogP contribution is 2.35. The molecule has 1 aromatic carbocycles. The van der Waals surface area contributed by atoms with Crippen LogP contribution in [0.25, 0.3) is 22.4 Å². The Morgan fingerprint density at radius 1 is 1.08 bits per heavy atom. The molecule has 18 heteroatoms. The van der Waals surface area contributed by atoms with Crippen LogP contribution < -0.4 is 20.7 Å². The number of hydrogen-bond donors (Lipinski definition) is 6. The molecule has 4 aromatic rings. The van der Waals surface area contributed by atoms with Crippen molar-refractivity contribution in [2.45, 2.75) is 68.4 Å². The first kappa shape index (κ1) is 34.7. The van der Waals surface area contributed by atoms with Gasteiger partial charge in [-0.2, -0.15) is 0 Å². The van der Waals surface area contributed by atoms with Gasteiger partial charge in [-0.15, -0.1) is 0 Å². The van der Waals surface area contributed by atoms with Crippen LogP contribution >= 0.6 is 0 Å². The number of anilines is 2. The lowest BCUT2D eigenvalue weighted by molar-refractivity contribution is -0.221. The first-order valence-electron chi connectivity index (χ1n) is 15.5. The Hall–Kier alpha value is -4.20. The van der Waals surface area contributed by atoms with Crippen LogP contribution in [0, 0.1) is 11.6 Å². The smallest absolute Gasteiger partial charge is 0.240 e.